The van der Waals surface area contributed by atoms with Gasteiger partial charge >= 0.3 is 0 Å². The molecule has 128 valence electrons. The van der Waals surface area contributed by atoms with Crippen molar-refractivity contribution in [3.8, 4) is 5.75 Å². The molecule has 25 heavy (non-hydrogen) atoms. The van der Waals surface area contributed by atoms with E-state index < -0.39 is 5.92 Å². The molecule has 5 heteroatoms. The minimum absolute atomic E-state index is 0.176. The molecule has 2 aromatic carbocycles. The predicted molar refractivity (Wildman–Crippen MR) is 97.6 cm³/mol. The fourth-order valence-electron chi connectivity index (χ4n) is 3.35. The van der Waals surface area contributed by atoms with Crippen LogP contribution in [-0.2, 0) is 0 Å². The molecule has 0 amide bonds. The van der Waals surface area contributed by atoms with Gasteiger partial charge in [-0.25, -0.2) is 0 Å². The fraction of sp³-hybridized carbons (Fsp3) is 0.200. The summed E-state index contributed by atoms with van der Waals surface area (Å²) in [4.78, 5) is 11.5. The van der Waals surface area contributed by atoms with Crippen molar-refractivity contribution in [3.05, 3.63) is 92.9 Å². The van der Waals surface area contributed by atoms with Gasteiger partial charge in [0.2, 0.25) is 0 Å². The van der Waals surface area contributed by atoms with Gasteiger partial charge < -0.3 is 10.1 Å². The van der Waals surface area contributed by atoms with Gasteiger partial charge in [0, 0.05) is 5.70 Å². The van der Waals surface area contributed by atoms with Crippen molar-refractivity contribution in [2.75, 3.05) is 7.11 Å². The average molecular weight is 336 g/mol. The molecule has 0 fully saturated rings. The Morgan fingerprint density at radius 3 is 2.20 bits per heavy atom. The van der Waals surface area contributed by atoms with E-state index in [0.29, 0.717) is 5.70 Å². The summed E-state index contributed by atoms with van der Waals surface area (Å²) < 4.78 is 5.21. The van der Waals surface area contributed by atoms with Gasteiger partial charge in [-0.1, -0.05) is 42.5 Å². The lowest BCUT2D eigenvalue weighted by atomic mass is 9.81. The molecule has 1 aliphatic rings. The number of benzene rings is 2. The third kappa shape index (κ3) is 3.13. The van der Waals surface area contributed by atoms with Gasteiger partial charge in [0.15, 0.2) is 0 Å². The number of nitrogens with zero attached hydrogens (tertiary/aromatic N) is 1. The molecular formula is C20H20N2O3. The van der Waals surface area contributed by atoms with E-state index in [0.717, 1.165) is 28.1 Å². The fourth-order valence-corrected chi connectivity index (χ4v) is 3.35. The topological polar surface area (TPSA) is 64.4 Å². The first-order valence-corrected chi connectivity index (χ1v) is 8.05. The Bertz CT molecular complexity index is 852. The second-order valence-corrected chi connectivity index (χ2v) is 6.00. The average Bonchev–Trinajstić information content (AvgIpc) is 2.61. The van der Waals surface area contributed by atoms with Gasteiger partial charge in [-0.05, 0) is 42.7 Å². The lowest BCUT2D eigenvalue weighted by Crippen LogP contribution is -2.27. The number of dihydropyridines is 1. The van der Waals surface area contributed by atoms with Crippen molar-refractivity contribution in [2.45, 2.75) is 19.8 Å². The zero-order valence-electron chi connectivity index (χ0n) is 14.4. The SMILES string of the molecule is COc1ccc(C2C(c3ccccc3)=C(C)NC(C)=C2[N+](=O)[O-])cc1. The lowest BCUT2D eigenvalue weighted by Gasteiger charge is -2.28. The van der Waals surface area contributed by atoms with Crippen LogP contribution < -0.4 is 10.1 Å². The summed E-state index contributed by atoms with van der Waals surface area (Å²) in [6, 6.07) is 17.2. The molecule has 1 unspecified atom stereocenters. The lowest BCUT2D eigenvalue weighted by molar-refractivity contribution is -0.430. The van der Waals surface area contributed by atoms with Crippen molar-refractivity contribution in [1.29, 1.82) is 0 Å². The minimum Gasteiger partial charge on any atom is -0.497 e. The molecule has 1 atom stereocenters. The van der Waals surface area contributed by atoms with E-state index in [4.69, 9.17) is 4.74 Å². The van der Waals surface area contributed by atoms with Gasteiger partial charge in [-0.2, -0.15) is 0 Å². The second-order valence-electron chi connectivity index (χ2n) is 6.00. The summed E-state index contributed by atoms with van der Waals surface area (Å²) in [5.74, 6) is 0.285. The number of hydrogen-bond donors (Lipinski definition) is 1. The number of ether oxygens (including phenoxy) is 1. The van der Waals surface area contributed by atoms with Crippen molar-refractivity contribution >= 4 is 5.57 Å². The highest BCUT2D eigenvalue weighted by Crippen LogP contribution is 2.43. The highest BCUT2D eigenvalue weighted by Gasteiger charge is 2.37. The van der Waals surface area contributed by atoms with Crippen LogP contribution in [0.2, 0.25) is 0 Å². The van der Waals surface area contributed by atoms with Crippen LogP contribution in [0.3, 0.4) is 0 Å². The maximum Gasteiger partial charge on any atom is 0.276 e. The highest BCUT2D eigenvalue weighted by molar-refractivity contribution is 5.78. The van der Waals surface area contributed by atoms with Crippen LogP contribution in [0.1, 0.15) is 30.9 Å². The van der Waals surface area contributed by atoms with Crippen LogP contribution in [0.4, 0.5) is 0 Å². The first-order chi connectivity index (χ1) is 12.0. The van der Waals surface area contributed by atoms with Crippen molar-refractivity contribution in [2.24, 2.45) is 0 Å². The minimum atomic E-state index is -0.440. The van der Waals surface area contributed by atoms with Crippen LogP contribution in [0.25, 0.3) is 5.57 Å². The van der Waals surface area contributed by atoms with E-state index in [1.54, 1.807) is 14.0 Å². The zero-order chi connectivity index (χ0) is 18.0. The van der Waals surface area contributed by atoms with Crippen molar-refractivity contribution in [1.82, 2.24) is 5.32 Å². The number of rotatable bonds is 4. The molecule has 1 N–H and O–H groups in total. The van der Waals surface area contributed by atoms with E-state index >= 15 is 0 Å². The number of methoxy groups -OCH3 is 1. The van der Waals surface area contributed by atoms with E-state index in [2.05, 4.69) is 5.32 Å². The van der Waals surface area contributed by atoms with E-state index in [1.807, 2.05) is 61.5 Å². The molecule has 0 radical (unpaired) electrons. The summed E-state index contributed by atoms with van der Waals surface area (Å²) in [7, 11) is 1.60. The monoisotopic (exact) mass is 336 g/mol. The van der Waals surface area contributed by atoms with Crippen LogP contribution in [0, 0.1) is 10.1 Å². The Morgan fingerprint density at radius 1 is 1.00 bits per heavy atom. The molecule has 0 spiro atoms. The Morgan fingerprint density at radius 2 is 1.64 bits per heavy atom. The smallest absolute Gasteiger partial charge is 0.276 e. The molecular weight excluding hydrogens is 316 g/mol. The summed E-state index contributed by atoms with van der Waals surface area (Å²) in [5.41, 5.74) is 4.43. The molecule has 3 rings (SSSR count). The molecule has 2 aromatic rings. The molecule has 1 heterocycles. The summed E-state index contributed by atoms with van der Waals surface area (Å²) in [5, 5.41) is 15.0. The standard InChI is InChI=1S/C20H20N2O3/c1-13-18(15-7-5-4-6-8-15)19(20(22(23)24)14(2)21-13)16-9-11-17(25-3)12-10-16/h4-12,19,21H,1-3H3. The quantitative estimate of drug-likeness (QED) is 0.667. The molecule has 5 nitrogen and oxygen atoms in total. The molecule has 1 aliphatic heterocycles. The van der Waals surface area contributed by atoms with Crippen LogP contribution >= 0.6 is 0 Å². The third-order valence-electron chi connectivity index (χ3n) is 4.46. The highest BCUT2D eigenvalue weighted by atomic mass is 16.6. The van der Waals surface area contributed by atoms with Gasteiger partial charge in [0.05, 0.1) is 17.7 Å². The molecule has 0 bridgehead atoms. The van der Waals surface area contributed by atoms with Gasteiger partial charge in [0.1, 0.15) is 11.7 Å². The Kier molecular flexibility index (Phi) is 4.57. The first kappa shape index (κ1) is 16.8. The molecule has 0 saturated carbocycles. The summed E-state index contributed by atoms with van der Waals surface area (Å²) in [6.07, 6.45) is 0. The van der Waals surface area contributed by atoms with E-state index in [1.165, 1.54) is 0 Å². The van der Waals surface area contributed by atoms with Crippen LogP contribution in [0.15, 0.2) is 71.7 Å². The number of nitrogens with one attached hydrogen (secondary N) is 1. The largest absolute Gasteiger partial charge is 0.497 e. The Balaban J connectivity index is 2.20. The van der Waals surface area contributed by atoms with Crippen molar-refractivity contribution in [3.63, 3.8) is 0 Å². The second kappa shape index (κ2) is 6.81. The maximum absolute atomic E-state index is 11.8. The number of hydrogen-bond acceptors (Lipinski definition) is 4. The predicted octanol–water partition coefficient (Wildman–Crippen LogP) is 4.32. The summed E-state index contributed by atoms with van der Waals surface area (Å²) in [6.45, 7) is 3.71. The Hall–Kier alpha value is -3.08. The summed E-state index contributed by atoms with van der Waals surface area (Å²) >= 11 is 0. The first-order valence-electron chi connectivity index (χ1n) is 8.05. The van der Waals surface area contributed by atoms with Crippen LogP contribution in [-0.4, -0.2) is 12.0 Å². The molecule has 0 aromatic heterocycles. The van der Waals surface area contributed by atoms with E-state index in [9.17, 15) is 10.1 Å². The normalized spacial score (nSPS) is 17.3. The van der Waals surface area contributed by atoms with Crippen molar-refractivity contribution < 1.29 is 9.66 Å². The van der Waals surface area contributed by atoms with Gasteiger partial charge in [-0.15, -0.1) is 0 Å². The Labute approximate surface area is 146 Å². The number of allylic oxidation sites excluding steroid dienone is 3. The zero-order valence-corrected chi connectivity index (χ0v) is 14.4. The van der Waals surface area contributed by atoms with Gasteiger partial charge in [-0.3, -0.25) is 10.1 Å². The molecule has 0 aliphatic carbocycles. The van der Waals surface area contributed by atoms with Gasteiger partial charge in [0.25, 0.3) is 5.70 Å². The van der Waals surface area contributed by atoms with E-state index in [-0.39, 0.29) is 10.6 Å². The van der Waals surface area contributed by atoms with Crippen LogP contribution in [0.5, 0.6) is 5.75 Å². The third-order valence-corrected chi connectivity index (χ3v) is 4.46. The molecule has 0 saturated heterocycles. The maximum atomic E-state index is 11.8. The number of nitro groups is 1.